The molecule has 1 heterocycles. The first kappa shape index (κ1) is 11.0. The van der Waals surface area contributed by atoms with Gasteiger partial charge in [0.15, 0.2) is 0 Å². The molecule has 84 valence electrons. The Morgan fingerprint density at radius 3 is 3.07 bits per heavy atom. The van der Waals surface area contributed by atoms with Gasteiger partial charge in [-0.25, -0.2) is 4.98 Å². The summed E-state index contributed by atoms with van der Waals surface area (Å²) in [4.78, 5) is 4.24. The van der Waals surface area contributed by atoms with E-state index in [9.17, 15) is 0 Å². The van der Waals surface area contributed by atoms with Crippen molar-refractivity contribution in [2.45, 2.75) is 38.0 Å². The number of hydrogen-bond donors (Lipinski definition) is 1. The molecule has 1 saturated carbocycles. The third-order valence-corrected chi connectivity index (χ3v) is 3.56. The van der Waals surface area contributed by atoms with Crippen molar-refractivity contribution in [1.82, 2.24) is 10.3 Å². The second kappa shape index (κ2) is 5.03. The number of nitrogens with one attached hydrogen (secondary N) is 1. The highest BCUT2D eigenvalue weighted by molar-refractivity contribution is 7.99. The molecule has 2 rings (SSSR count). The van der Waals surface area contributed by atoms with E-state index in [0.29, 0.717) is 6.04 Å². The fraction of sp³-hybridized carbons (Fsp3) is 0.727. The molecule has 0 radical (unpaired) electrons. The van der Waals surface area contributed by atoms with Crippen molar-refractivity contribution in [2.24, 2.45) is 5.92 Å². The molecule has 0 spiro atoms. The summed E-state index contributed by atoms with van der Waals surface area (Å²) < 4.78 is 5.26. The van der Waals surface area contributed by atoms with Crippen LogP contribution in [0.15, 0.2) is 15.9 Å². The zero-order valence-corrected chi connectivity index (χ0v) is 10.1. The van der Waals surface area contributed by atoms with Crippen molar-refractivity contribution in [1.29, 1.82) is 0 Å². The maximum absolute atomic E-state index is 5.26. The highest BCUT2D eigenvalue weighted by Gasteiger charge is 2.27. The molecule has 1 N–H and O–H groups in total. The molecule has 0 aliphatic heterocycles. The topological polar surface area (TPSA) is 38.1 Å². The molecule has 0 aromatic carbocycles. The number of thioether (sulfide) groups is 1. The summed E-state index contributed by atoms with van der Waals surface area (Å²) in [6, 6.07) is 0.678. The molecule has 0 amide bonds. The smallest absolute Gasteiger partial charge is 0.255 e. The van der Waals surface area contributed by atoms with Crippen LogP contribution < -0.4 is 5.32 Å². The fourth-order valence-electron chi connectivity index (χ4n) is 1.59. The lowest BCUT2D eigenvalue weighted by molar-refractivity contribution is 0.453. The first-order chi connectivity index (χ1) is 7.25. The monoisotopic (exact) mass is 226 g/mol. The van der Waals surface area contributed by atoms with E-state index < -0.39 is 0 Å². The molecule has 0 saturated heterocycles. The van der Waals surface area contributed by atoms with Crippen LogP contribution in [0.2, 0.25) is 0 Å². The number of hydrogen-bond acceptors (Lipinski definition) is 4. The maximum Gasteiger partial charge on any atom is 0.255 e. The number of aryl methyl sites for hydroxylation is 1. The molecular weight excluding hydrogens is 208 g/mol. The number of oxazole rings is 1. The van der Waals surface area contributed by atoms with Crippen molar-refractivity contribution >= 4 is 11.8 Å². The highest BCUT2D eigenvalue weighted by Crippen LogP contribution is 2.32. The van der Waals surface area contributed by atoms with Crippen LogP contribution in [0.25, 0.3) is 0 Å². The summed E-state index contributed by atoms with van der Waals surface area (Å²) >= 11 is 1.68. The number of aromatic nitrogens is 1. The van der Waals surface area contributed by atoms with E-state index in [4.69, 9.17) is 4.42 Å². The predicted molar refractivity (Wildman–Crippen MR) is 62.2 cm³/mol. The lowest BCUT2D eigenvalue weighted by atomic mass is 10.2. The van der Waals surface area contributed by atoms with Crippen molar-refractivity contribution in [3.63, 3.8) is 0 Å². The van der Waals surface area contributed by atoms with E-state index in [0.717, 1.165) is 29.1 Å². The summed E-state index contributed by atoms with van der Waals surface area (Å²) in [7, 11) is 0. The van der Waals surface area contributed by atoms with Gasteiger partial charge < -0.3 is 9.73 Å². The van der Waals surface area contributed by atoms with Gasteiger partial charge in [-0.3, -0.25) is 0 Å². The Morgan fingerprint density at radius 1 is 1.67 bits per heavy atom. The van der Waals surface area contributed by atoms with Gasteiger partial charge >= 0.3 is 0 Å². The zero-order chi connectivity index (χ0) is 10.7. The standard InChI is InChI=1S/C11H18N2OS/c1-8-7-14-11(13-8)15-6-5-12-9(2)10-3-4-10/h7,9-10,12H,3-6H2,1-2H3. The normalized spacial score (nSPS) is 18.0. The van der Waals surface area contributed by atoms with E-state index in [1.165, 1.54) is 12.8 Å². The molecular formula is C11H18N2OS. The first-order valence-electron chi connectivity index (χ1n) is 5.54. The van der Waals surface area contributed by atoms with Crippen molar-refractivity contribution < 1.29 is 4.42 Å². The number of rotatable bonds is 6. The number of nitrogens with zero attached hydrogens (tertiary/aromatic N) is 1. The van der Waals surface area contributed by atoms with Crippen LogP contribution in [0.4, 0.5) is 0 Å². The van der Waals surface area contributed by atoms with Gasteiger partial charge in [-0.15, -0.1) is 0 Å². The van der Waals surface area contributed by atoms with Gasteiger partial charge in [0.05, 0.1) is 5.69 Å². The van der Waals surface area contributed by atoms with Crippen LogP contribution in [-0.2, 0) is 0 Å². The van der Waals surface area contributed by atoms with Gasteiger partial charge in [-0.1, -0.05) is 11.8 Å². The molecule has 1 aliphatic carbocycles. The fourth-order valence-corrected chi connectivity index (χ4v) is 2.31. The highest BCUT2D eigenvalue weighted by atomic mass is 32.2. The molecule has 15 heavy (non-hydrogen) atoms. The van der Waals surface area contributed by atoms with Gasteiger partial charge in [-0.2, -0.15) is 0 Å². The van der Waals surface area contributed by atoms with E-state index in [1.54, 1.807) is 18.0 Å². The van der Waals surface area contributed by atoms with Gasteiger partial charge in [0.25, 0.3) is 5.22 Å². The Kier molecular flexibility index (Phi) is 3.70. The van der Waals surface area contributed by atoms with Crippen LogP contribution in [0.3, 0.4) is 0 Å². The van der Waals surface area contributed by atoms with Crippen LogP contribution >= 0.6 is 11.8 Å². The lowest BCUT2D eigenvalue weighted by Gasteiger charge is -2.11. The molecule has 1 unspecified atom stereocenters. The lowest BCUT2D eigenvalue weighted by Crippen LogP contribution is -2.29. The van der Waals surface area contributed by atoms with E-state index in [-0.39, 0.29) is 0 Å². The summed E-state index contributed by atoms with van der Waals surface area (Å²) in [5.74, 6) is 1.95. The quantitative estimate of drug-likeness (QED) is 0.597. The average molecular weight is 226 g/mol. The van der Waals surface area contributed by atoms with E-state index >= 15 is 0 Å². The largest absolute Gasteiger partial charge is 0.440 e. The Balaban J connectivity index is 1.58. The minimum absolute atomic E-state index is 0.678. The molecule has 1 aromatic heterocycles. The molecule has 0 bridgehead atoms. The molecule has 1 aliphatic rings. The second-order valence-corrected chi connectivity index (χ2v) is 5.23. The SMILES string of the molecule is Cc1coc(SCCNC(C)C2CC2)n1. The zero-order valence-electron chi connectivity index (χ0n) is 9.32. The summed E-state index contributed by atoms with van der Waals surface area (Å²) in [6.45, 7) is 5.25. The molecule has 1 atom stereocenters. The molecule has 1 fully saturated rings. The van der Waals surface area contributed by atoms with Gasteiger partial charge in [-0.05, 0) is 32.6 Å². The predicted octanol–water partition coefficient (Wildman–Crippen LogP) is 2.46. The summed E-state index contributed by atoms with van der Waals surface area (Å²) in [5, 5.41) is 4.32. The van der Waals surface area contributed by atoms with E-state index in [1.807, 2.05) is 6.92 Å². The van der Waals surface area contributed by atoms with Crippen molar-refractivity contribution in [2.75, 3.05) is 12.3 Å². The molecule has 3 nitrogen and oxygen atoms in total. The van der Waals surface area contributed by atoms with Crippen molar-refractivity contribution in [3.05, 3.63) is 12.0 Å². The Morgan fingerprint density at radius 2 is 2.47 bits per heavy atom. The summed E-state index contributed by atoms with van der Waals surface area (Å²) in [6.07, 6.45) is 4.50. The van der Waals surface area contributed by atoms with Crippen LogP contribution in [0.5, 0.6) is 0 Å². The maximum atomic E-state index is 5.26. The minimum Gasteiger partial charge on any atom is -0.440 e. The van der Waals surface area contributed by atoms with Crippen LogP contribution in [0.1, 0.15) is 25.5 Å². The first-order valence-corrected chi connectivity index (χ1v) is 6.52. The van der Waals surface area contributed by atoms with Gasteiger partial charge in [0.2, 0.25) is 0 Å². The second-order valence-electron chi connectivity index (χ2n) is 4.18. The Labute approximate surface area is 95.0 Å². The Bertz CT molecular complexity index is 309. The third kappa shape index (κ3) is 3.54. The van der Waals surface area contributed by atoms with Gasteiger partial charge in [0.1, 0.15) is 6.26 Å². The molecule has 1 aromatic rings. The van der Waals surface area contributed by atoms with Crippen LogP contribution in [0, 0.1) is 12.8 Å². The van der Waals surface area contributed by atoms with Gasteiger partial charge in [0, 0.05) is 18.3 Å². The molecule has 4 heteroatoms. The minimum atomic E-state index is 0.678. The van der Waals surface area contributed by atoms with Crippen molar-refractivity contribution in [3.8, 4) is 0 Å². The third-order valence-electron chi connectivity index (χ3n) is 2.72. The van der Waals surface area contributed by atoms with E-state index in [2.05, 4.69) is 17.2 Å². The van der Waals surface area contributed by atoms with Crippen LogP contribution in [-0.4, -0.2) is 23.3 Å². The average Bonchev–Trinajstić information content (AvgIpc) is 2.98. The summed E-state index contributed by atoms with van der Waals surface area (Å²) in [5.41, 5.74) is 0.955. The Hall–Kier alpha value is -0.480.